The van der Waals surface area contributed by atoms with Crippen LogP contribution in [0, 0.1) is 11.6 Å². The van der Waals surface area contributed by atoms with Crippen LogP contribution in [0.4, 0.5) is 20.2 Å². The summed E-state index contributed by atoms with van der Waals surface area (Å²) < 4.78 is 27.8. The lowest BCUT2D eigenvalue weighted by Gasteiger charge is -2.37. The van der Waals surface area contributed by atoms with Crippen LogP contribution in [0.3, 0.4) is 0 Å². The number of anilines is 2. The van der Waals surface area contributed by atoms with E-state index in [1.54, 1.807) is 4.90 Å². The molecule has 0 radical (unpaired) electrons. The number of aliphatic hydroxyl groups excluding tert-OH is 1. The molecule has 18 heavy (non-hydrogen) atoms. The first-order valence-corrected chi connectivity index (χ1v) is 6.25. The van der Waals surface area contributed by atoms with Crippen LogP contribution in [0.25, 0.3) is 0 Å². The summed E-state index contributed by atoms with van der Waals surface area (Å²) in [4.78, 5) is 1.73. The van der Waals surface area contributed by atoms with Gasteiger partial charge in [0.2, 0.25) is 0 Å². The first-order valence-electron chi connectivity index (χ1n) is 6.25. The van der Waals surface area contributed by atoms with Crippen molar-refractivity contribution in [3.63, 3.8) is 0 Å². The van der Waals surface area contributed by atoms with Crippen molar-refractivity contribution in [3.8, 4) is 0 Å². The summed E-state index contributed by atoms with van der Waals surface area (Å²) >= 11 is 0. The van der Waals surface area contributed by atoms with Crippen molar-refractivity contribution in [2.24, 2.45) is 0 Å². The summed E-state index contributed by atoms with van der Waals surface area (Å²) in [7, 11) is 0. The van der Waals surface area contributed by atoms with E-state index >= 15 is 0 Å². The highest BCUT2D eigenvalue weighted by molar-refractivity contribution is 5.56. The second kappa shape index (κ2) is 5.52. The average molecular weight is 256 g/mol. The molecule has 1 unspecified atom stereocenters. The van der Waals surface area contributed by atoms with Gasteiger partial charge in [0, 0.05) is 24.9 Å². The second-order valence-electron chi connectivity index (χ2n) is 4.69. The van der Waals surface area contributed by atoms with Crippen molar-refractivity contribution < 1.29 is 13.9 Å². The Bertz CT molecular complexity index is 400. The van der Waals surface area contributed by atoms with Crippen LogP contribution in [0.2, 0.25) is 0 Å². The summed E-state index contributed by atoms with van der Waals surface area (Å²) in [5.74, 6) is -1.25. The Kier molecular flexibility index (Phi) is 4.01. The van der Waals surface area contributed by atoms with E-state index in [0.29, 0.717) is 13.0 Å². The molecule has 0 amide bonds. The summed E-state index contributed by atoms with van der Waals surface area (Å²) in [5, 5.41) is 9.03. The summed E-state index contributed by atoms with van der Waals surface area (Å²) in [6.45, 7) is 0.641. The predicted octanol–water partition coefficient (Wildman–Crippen LogP) is 2.29. The van der Waals surface area contributed by atoms with E-state index < -0.39 is 11.6 Å². The van der Waals surface area contributed by atoms with E-state index in [2.05, 4.69) is 0 Å². The number of nitrogens with two attached hydrogens (primary N) is 1. The standard InChI is InChI=1S/C13H18F2N2O/c14-11-7-9(16)8-12(15)13(11)17-5-2-1-3-10(17)4-6-18/h7-8,10,18H,1-6,16H2. The van der Waals surface area contributed by atoms with E-state index in [1.807, 2.05) is 0 Å². The molecule has 0 saturated carbocycles. The van der Waals surface area contributed by atoms with Crippen LogP contribution >= 0.6 is 0 Å². The van der Waals surface area contributed by atoms with Crippen molar-refractivity contribution >= 4 is 11.4 Å². The van der Waals surface area contributed by atoms with Crippen LogP contribution < -0.4 is 10.6 Å². The largest absolute Gasteiger partial charge is 0.399 e. The normalized spacial score (nSPS) is 20.2. The molecule has 1 aliphatic heterocycles. The second-order valence-corrected chi connectivity index (χ2v) is 4.69. The van der Waals surface area contributed by atoms with Gasteiger partial charge in [-0.05, 0) is 37.8 Å². The lowest BCUT2D eigenvalue weighted by Crippen LogP contribution is -2.41. The van der Waals surface area contributed by atoms with Gasteiger partial charge in [0.15, 0.2) is 11.6 Å². The van der Waals surface area contributed by atoms with Gasteiger partial charge in [-0.25, -0.2) is 8.78 Å². The van der Waals surface area contributed by atoms with Gasteiger partial charge < -0.3 is 15.7 Å². The average Bonchev–Trinajstić information content (AvgIpc) is 2.30. The predicted molar refractivity (Wildman–Crippen MR) is 67.5 cm³/mol. The Labute approximate surface area is 105 Å². The minimum absolute atomic E-state index is 0.00336. The van der Waals surface area contributed by atoms with Gasteiger partial charge in [-0.2, -0.15) is 0 Å². The number of nitrogen functional groups attached to an aromatic ring is 1. The zero-order chi connectivity index (χ0) is 13.1. The number of rotatable bonds is 3. The monoisotopic (exact) mass is 256 g/mol. The Morgan fingerprint density at radius 1 is 1.28 bits per heavy atom. The van der Waals surface area contributed by atoms with Gasteiger partial charge in [0.05, 0.1) is 0 Å². The van der Waals surface area contributed by atoms with Gasteiger partial charge in [-0.15, -0.1) is 0 Å². The Hall–Kier alpha value is -1.36. The number of halogens is 2. The Balaban J connectivity index is 2.33. The van der Waals surface area contributed by atoms with Crippen molar-refractivity contribution in [1.82, 2.24) is 0 Å². The van der Waals surface area contributed by atoms with E-state index in [0.717, 1.165) is 31.4 Å². The molecule has 5 heteroatoms. The SMILES string of the molecule is Nc1cc(F)c(N2CCCCC2CCO)c(F)c1. The maximum absolute atomic E-state index is 13.9. The van der Waals surface area contributed by atoms with Crippen molar-refractivity contribution in [3.05, 3.63) is 23.8 Å². The third-order valence-electron chi connectivity index (χ3n) is 3.42. The minimum atomic E-state index is -0.627. The van der Waals surface area contributed by atoms with E-state index in [1.165, 1.54) is 0 Å². The molecule has 0 aromatic heterocycles. The molecule has 1 fully saturated rings. The van der Waals surface area contributed by atoms with Gasteiger partial charge >= 0.3 is 0 Å². The molecule has 1 aromatic rings. The third kappa shape index (κ3) is 2.56. The first-order chi connectivity index (χ1) is 8.63. The zero-order valence-corrected chi connectivity index (χ0v) is 10.2. The number of benzene rings is 1. The van der Waals surface area contributed by atoms with Gasteiger partial charge in [-0.3, -0.25) is 0 Å². The maximum Gasteiger partial charge on any atom is 0.151 e. The molecule has 1 saturated heterocycles. The van der Waals surface area contributed by atoms with E-state index in [-0.39, 0.29) is 24.0 Å². The van der Waals surface area contributed by atoms with Crippen LogP contribution in [-0.2, 0) is 0 Å². The number of hydrogen-bond donors (Lipinski definition) is 2. The molecule has 3 nitrogen and oxygen atoms in total. The fraction of sp³-hybridized carbons (Fsp3) is 0.538. The van der Waals surface area contributed by atoms with Crippen LogP contribution in [0.15, 0.2) is 12.1 Å². The molecule has 1 aromatic carbocycles. The third-order valence-corrected chi connectivity index (χ3v) is 3.42. The molecule has 0 bridgehead atoms. The smallest absolute Gasteiger partial charge is 0.151 e. The maximum atomic E-state index is 13.9. The Morgan fingerprint density at radius 3 is 2.56 bits per heavy atom. The summed E-state index contributed by atoms with van der Waals surface area (Å²) in [6, 6.07) is 2.28. The van der Waals surface area contributed by atoms with E-state index in [4.69, 9.17) is 10.8 Å². The molecule has 1 heterocycles. The molecule has 0 aliphatic carbocycles. The van der Waals surface area contributed by atoms with Crippen LogP contribution in [-0.4, -0.2) is 24.3 Å². The lowest BCUT2D eigenvalue weighted by molar-refractivity contribution is 0.261. The molecule has 3 N–H and O–H groups in total. The minimum Gasteiger partial charge on any atom is -0.399 e. The van der Waals surface area contributed by atoms with Crippen LogP contribution in [0.1, 0.15) is 25.7 Å². The molecule has 0 spiro atoms. The lowest BCUT2D eigenvalue weighted by atomic mass is 9.98. The van der Waals surface area contributed by atoms with Gasteiger partial charge in [-0.1, -0.05) is 0 Å². The molecule has 2 rings (SSSR count). The molecule has 100 valence electrons. The van der Waals surface area contributed by atoms with Gasteiger partial charge in [0.25, 0.3) is 0 Å². The summed E-state index contributed by atoms with van der Waals surface area (Å²) in [5.41, 5.74) is 5.49. The highest BCUT2D eigenvalue weighted by atomic mass is 19.1. The van der Waals surface area contributed by atoms with E-state index in [9.17, 15) is 8.78 Å². The quantitative estimate of drug-likeness (QED) is 0.816. The molecule has 1 aliphatic rings. The number of hydrogen-bond acceptors (Lipinski definition) is 3. The summed E-state index contributed by atoms with van der Waals surface area (Å²) in [6.07, 6.45) is 3.32. The first kappa shape index (κ1) is 13.1. The highest BCUT2D eigenvalue weighted by Crippen LogP contribution is 2.32. The van der Waals surface area contributed by atoms with Crippen molar-refractivity contribution in [2.45, 2.75) is 31.7 Å². The number of piperidine rings is 1. The van der Waals surface area contributed by atoms with Crippen molar-refractivity contribution in [1.29, 1.82) is 0 Å². The topological polar surface area (TPSA) is 49.5 Å². The molecular weight excluding hydrogens is 238 g/mol. The fourth-order valence-corrected chi connectivity index (χ4v) is 2.60. The molecular formula is C13H18F2N2O. The van der Waals surface area contributed by atoms with Crippen LogP contribution in [0.5, 0.6) is 0 Å². The number of nitrogens with zero attached hydrogens (tertiary/aromatic N) is 1. The highest BCUT2D eigenvalue weighted by Gasteiger charge is 2.27. The number of aliphatic hydroxyl groups is 1. The Morgan fingerprint density at radius 2 is 1.94 bits per heavy atom. The van der Waals surface area contributed by atoms with Crippen molar-refractivity contribution in [2.75, 3.05) is 23.8 Å². The molecule has 1 atom stereocenters. The van der Waals surface area contributed by atoms with Gasteiger partial charge in [0.1, 0.15) is 5.69 Å². The fourth-order valence-electron chi connectivity index (χ4n) is 2.60. The zero-order valence-electron chi connectivity index (χ0n) is 10.2.